The first kappa shape index (κ1) is 21.9. The summed E-state index contributed by atoms with van der Waals surface area (Å²) >= 11 is 0. The summed E-state index contributed by atoms with van der Waals surface area (Å²) in [6.45, 7) is 6.70. The van der Waals surface area contributed by atoms with Crippen molar-refractivity contribution in [2.24, 2.45) is 5.41 Å². The van der Waals surface area contributed by atoms with Crippen molar-refractivity contribution < 1.29 is 14.4 Å². The third kappa shape index (κ3) is 4.08. The summed E-state index contributed by atoms with van der Waals surface area (Å²) in [5.74, 6) is 5.22. The lowest BCUT2D eigenvalue weighted by Gasteiger charge is -2.44. The lowest BCUT2D eigenvalue weighted by Crippen LogP contribution is -2.48. The molecule has 2 aliphatic rings. The number of aromatic nitrogens is 2. The van der Waals surface area contributed by atoms with E-state index < -0.39 is 5.92 Å². The van der Waals surface area contributed by atoms with Crippen LogP contribution in [0.5, 0.6) is 0 Å². The van der Waals surface area contributed by atoms with Gasteiger partial charge in [0.15, 0.2) is 0 Å². The normalized spacial score (nSPS) is 18.4. The first-order valence-corrected chi connectivity index (χ1v) is 11.0. The lowest BCUT2D eigenvalue weighted by atomic mass is 9.62. The predicted molar refractivity (Wildman–Crippen MR) is 120 cm³/mol. The van der Waals surface area contributed by atoms with Crippen LogP contribution in [0.2, 0.25) is 0 Å². The number of carbonyl (C=O) groups is 3. The fourth-order valence-electron chi connectivity index (χ4n) is 5.24. The Morgan fingerprint density at radius 1 is 1.03 bits per heavy atom. The van der Waals surface area contributed by atoms with Crippen LogP contribution in [0.1, 0.15) is 71.4 Å². The predicted octanol–water partition coefficient (Wildman–Crippen LogP) is 3.40. The molecule has 164 valence electrons. The summed E-state index contributed by atoms with van der Waals surface area (Å²) < 4.78 is 0. The summed E-state index contributed by atoms with van der Waals surface area (Å²) in [7, 11) is 0. The maximum Gasteiger partial charge on any atom is 0.291 e. The Bertz CT molecular complexity index is 1090. The molecule has 0 atom stereocenters. The van der Waals surface area contributed by atoms with E-state index in [-0.39, 0.29) is 28.7 Å². The van der Waals surface area contributed by atoms with E-state index >= 15 is 0 Å². The van der Waals surface area contributed by atoms with Crippen LogP contribution in [0.3, 0.4) is 0 Å². The van der Waals surface area contributed by atoms with Crippen molar-refractivity contribution in [3.05, 3.63) is 58.7 Å². The second-order valence-corrected chi connectivity index (χ2v) is 8.98. The number of hydrogen-bond acceptors (Lipinski definition) is 5. The zero-order chi connectivity index (χ0) is 22.9. The van der Waals surface area contributed by atoms with Gasteiger partial charge in [0.25, 0.3) is 5.91 Å². The smallest absolute Gasteiger partial charge is 0.291 e. The minimum atomic E-state index is -0.693. The zero-order valence-electron chi connectivity index (χ0n) is 18.8. The van der Waals surface area contributed by atoms with Crippen LogP contribution in [0.15, 0.2) is 30.6 Å². The highest BCUT2D eigenvalue weighted by Gasteiger charge is 2.48. The molecule has 1 amide bonds. The quantitative estimate of drug-likeness (QED) is 0.540. The van der Waals surface area contributed by atoms with Crippen molar-refractivity contribution in [1.29, 1.82) is 0 Å². The molecule has 1 saturated heterocycles. The Labute approximate surface area is 188 Å². The zero-order valence-corrected chi connectivity index (χ0v) is 18.8. The van der Waals surface area contributed by atoms with E-state index in [4.69, 9.17) is 0 Å². The molecule has 0 bridgehead atoms. The van der Waals surface area contributed by atoms with Gasteiger partial charge in [0.05, 0.1) is 0 Å². The van der Waals surface area contributed by atoms with Gasteiger partial charge in [-0.05, 0) is 73.9 Å². The molecule has 2 aromatic rings. The number of carbonyl (C=O) groups excluding carboxylic acids is 3. The van der Waals surface area contributed by atoms with Gasteiger partial charge in [0.1, 0.15) is 17.5 Å². The van der Waals surface area contributed by atoms with Gasteiger partial charge >= 0.3 is 0 Å². The molecule has 1 spiro atoms. The molecule has 1 aliphatic heterocycles. The van der Waals surface area contributed by atoms with Crippen LogP contribution in [-0.4, -0.2) is 45.4 Å². The molecule has 4 rings (SSSR count). The highest BCUT2D eigenvalue weighted by molar-refractivity contribution is 6.10. The minimum absolute atomic E-state index is 0.00653. The Kier molecular flexibility index (Phi) is 5.92. The average molecular weight is 430 g/mol. The fourth-order valence-corrected chi connectivity index (χ4v) is 5.24. The van der Waals surface area contributed by atoms with Crippen molar-refractivity contribution in [3.63, 3.8) is 0 Å². The van der Waals surface area contributed by atoms with Gasteiger partial charge < -0.3 is 4.90 Å². The maximum atomic E-state index is 13.3. The molecule has 0 unspecified atom stereocenters. The number of likely N-dealkylation sites (tertiary alicyclic amines) is 1. The average Bonchev–Trinajstić information content (AvgIpc) is 2.76. The summed E-state index contributed by atoms with van der Waals surface area (Å²) in [5, 5.41) is 0. The first-order chi connectivity index (χ1) is 15.3. The minimum Gasteiger partial charge on any atom is -0.336 e. The molecular formula is C26H27N3O3. The van der Waals surface area contributed by atoms with E-state index in [0.717, 1.165) is 22.3 Å². The van der Waals surface area contributed by atoms with Crippen molar-refractivity contribution in [2.75, 3.05) is 13.1 Å². The SMILES string of the molecule is CC#Cc1cc(C)c(C2C(=O)CC3(CCN(C(=O)c4ncccn4)CC3)CC2=O)c(C)c1. The van der Waals surface area contributed by atoms with Crippen molar-refractivity contribution in [3.8, 4) is 11.8 Å². The van der Waals surface area contributed by atoms with E-state index in [1.165, 1.54) is 0 Å². The molecule has 2 fully saturated rings. The van der Waals surface area contributed by atoms with Gasteiger partial charge in [-0.25, -0.2) is 9.97 Å². The lowest BCUT2D eigenvalue weighted by molar-refractivity contribution is -0.138. The fraction of sp³-hybridized carbons (Fsp3) is 0.423. The second kappa shape index (κ2) is 8.66. The number of hydrogen-bond donors (Lipinski definition) is 0. The van der Waals surface area contributed by atoms with Gasteiger partial charge in [0, 0.05) is 43.9 Å². The van der Waals surface area contributed by atoms with Crippen LogP contribution in [0, 0.1) is 31.1 Å². The molecule has 2 heterocycles. The van der Waals surface area contributed by atoms with E-state index in [0.29, 0.717) is 38.8 Å². The van der Waals surface area contributed by atoms with Gasteiger partial charge in [-0.1, -0.05) is 5.92 Å². The third-order valence-electron chi connectivity index (χ3n) is 6.76. The Morgan fingerprint density at radius 2 is 1.59 bits per heavy atom. The van der Waals surface area contributed by atoms with Crippen LogP contribution < -0.4 is 0 Å². The van der Waals surface area contributed by atoms with E-state index in [1.807, 2.05) is 26.0 Å². The highest BCUT2D eigenvalue weighted by Crippen LogP contribution is 2.46. The number of nitrogens with zero attached hydrogens (tertiary/aromatic N) is 3. The molecule has 6 heteroatoms. The molecule has 1 aromatic heterocycles. The Morgan fingerprint density at radius 3 is 2.12 bits per heavy atom. The van der Waals surface area contributed by atoms with Crippen LogP contribution in [0.4, 0.5) is 0 Å². The molecule has 1 aliphatic carbocycles. The summed E-state index contributed by atoms with van der Waals surface area (Å²) in [6, 6.07) is 5.59. The first-order valence-electron chi connectivity index (χ1n) is 11.0. The highest BCUT2D eigenvalue weighted by atomic mass is 16.2. The number of amides is 1. The molecular weight excluding hydrogens is 402 g/mol. The number of benzene rings is 1. The molecule has 6 nitrogen and oxygen atoms in total. The third-order valence-corrected chi connectivity index (χ3v) is 6.76. The van der Waals surface area contributed by atoms with Crippen LogP contribution in [-0.2, 0) is 9.59 Å². The maximum absolute atomic E-state index is 13.3. The second-order valence-electron chi connectivity index (χ2n) is 8.98. The topological polar surface area (TPSA) is 80.2 Å². The Balaban J connectivity index is 1.49. The number of rotatable bonds is 2. The summed E-state index contributed by atoms with van der Waals surface area (Å²) in [4.78, 5) is 49.0. The van der Waals surface area contributed by atoms with Gasteiger partial charge in [-0.15, -0.1) is 5.92 Å². The summed E-state index contributed by atoms with van der Waals surface area (Å²) in [5.41, 5.74) is 3.26. The molecule has 32 heavy (non-hydrogen) atoms. The van der Waals surface area contributed by atoms with Crippen LogP contribution in [0.25, 0.3) is 0 Å². The van der Waals surface area contributed by atoms with Gasteiger partial charge in [0.2, 0.25) is 5.82 Å². The molecule has 1 saturated carbocycles. The monoisotopic (exact) mass is 429 g/mol. The van der Waals surface area contributed by atoms with Crippen molar-refractivity contribution in [2.45, 2.75) is 52.4 Å². The van der Waals surface area contributed by atoms with Crippen molar-refractivity contribution >= 4 is 17.5 Å². The Hall–Kier alpha value is -3.33. The number of Topliss-reactive ketones (excluding diaryl/α,β-unsaturated/α-hetero) is 2. The van der Waals surface area contributed by atoms with Gasteiger partial charge in [-0.2, -0.15) is 0 Å². The summed E-state index contributed by atoms with van der Waals surface area (Å²) in [6.07, 6.45) is 5.13. The van der Waals surface area contributed by atoms with Crippen molar-refractivity contribution in [1.82, 2.24) is 14.9 Å². The van der Waals surface area contributed by atoms with E-state index in [9.17, 15) is 14.4 Å². The number of ketones is 2. The van der Waals surface area contributed by atoms with Crippen LogP contribution >= 0.6 is 0 Å². The van der Waals surface area contributed by atoms with E-state index in [2.05, 4.69) is 21.8 Å². The molecule has 1 aromatic carbocycles. The molecule has 0 N–H and O–H groups in total. The standard InChI is InChI=1S/C26H27N3O3/c1-4-6-19-13-17(2)22(18(3)14-19)23-20(30)15-26(16-21(23)31)7-11-29(12-8-26)25(32)24-27-9-5-10-28-24/h5,9-10,13-14,23H,7-8,11-12,15-16H2,1-3H3. The molecule has 0 radical (unpaired) electrons. The number of piperidine rings is 1. The largest absolute Gasteiger partial charge is 0.336 e. The van der Waals surface area contributed by atoms with Gasteiger partial charge in [-0.3, -0.25) is 14.4 Å². The van der Waals surface area contributed by atoms with E-state index in [1.54, 1.807) is 30.3 Å². The number of aryl methyl sites for hydroxylation is 2.